The van der Waals surface area contributed by atoms with E-state index in [4.69, 9.17) is 14.1 Å². The molecule has 0 atom stereocenters. The molecule has 0 fully saturated rings. The lowest BCUT2D eigenvalue weighted by Crippen LogP contribution is -2.12. The van der Waals surface area contributed by atoms with Crippen LogP contribution in [0.2, 0.25) is 0 Å². The first-order chi connectivity index (χ1) is 16.8. The molecule has 0 unspecified atom stereocenters. The van der Waals surface area contributed by atoms with E-state index in [2.05, 4.69) is 20.8 Å². The normalized spacial score (nSPS) is 14.1. The van der Waals surface area contributed by atoms with Crippen molar-refractivity contribution < 1.29 is 19.1 Å². The molecule has 3 heterocycles. The zero-order valence-electron chi connectivity index (χ0n) is 20.4. The fourth-order valence-electron chi connectivity index (χ4n) is 4.72. The number of phenols is 1. The highest BCUT2D eigenvalue weighted by Crippen LogP contribution is 2.44. The summed E-state index contributed by atoms with van der Waals surface area (Å²) < 4.78 is 11.6. The van der Waals surface area contributed by atoms with E-state index in [9.17, 15) is 9.90 Å². The Morgan fingerprint density at radius 1 is 1.26 bits per heavy atom. The van der Waals surface area contributed by atoms with Crippen LogP contribution in [0.25, 0.3) is 21.4 Å². The Bertz CT molecular complexity index is 1420. The molecule has 0 bridgehead atoms. The van der Waals surface area contributed by atoms with Crippen LogP contribution < -0.4 is 0 Å². The number of carbonyl (C=O) groups excluding carboxylic acids is 1. The van der Waals surface area contributed by atoms with Crippen molar-refractivity contribution in [3.8, 4) is 16.2 Å². The predicted octanol–water partition coefficient (Wildman–Crippen LogP) is 8.03. The molecule has 0 spiro atoms. The molecule has 0 saturated carbocycles. The standard InChI is InChI=1S/C28H29NO4S2/c1-5-32-27(31)24-18(22-11-8-12-34-22)15-35-26(24)29-14-17-23-16-9-6-7-10-20(16)33-21(23)13-19(25(17)30)28(2,3)4/h8,11-15,30H,5-7,9-10H2,1-4H3. The maximum absolute atomic E-state index is 12.9. The topological polar surface area (TPSA) is 72.0 Å². The molecular weight excluding hydrogens is 478 g/mol. The minimum absolute atomic E-state index is 0.218. The van der Waals surface area contributed by atoms with Crippen LogP contribution in [0.5, 0.6) is 5.75 Å². The number of aromatic hydroxyl groups is 1. The lowest BCUT2D eigenvalue weighted by atomic mass is 9.83. The van der Waals surface area contributed by atoms with Gasteiger partial charge in [0, 0.05) is 50.5 Å². The Labute approximate surface area is 213 Å². The summed E-state index contributed by atoms with van der Waals surface area (Å²) in [6.45, 7) is 8.31. The number of rotatable bonds is 5. The zero-order chi connectivity index (χ0) is 24.7. The molecule has 1 aromatic carbocycles. The van der Waals surface area contributed by atoms with Crippen LogP contribution >= 0.6 is 22.7 Å². The lowest BCUT2D eigenvalue weighted by Gasteiger charge is -2.21. The molecule has 1 aliphatic rings. The smallest absolute Gasteiger partial charge is 0.341 e. The number of carbonyl (C=O) groups is 1. The van der Waals surface area contributed by atoms with E-state index in [1.165, 1.54) is 16.9 Å². The Morgan fingerprint density at radius 2 is 2.06 bits per heavy atom. The van der Waals surface area contributed by atoms with E-state index in [1.807, 2.05) is 29.0 Å². The van der Waals surface area contributed by atoms with E-state index >= 15 is 0 Å². The summed E-state index contributed by atoms with van der Waals surface area (Å²) in [6.07, 6.45) is 5.74. The second-order valence-electron chi connectivity index (χ2n) is 9.81. The van der Waals surface area contributed by atoms with E-state index < -0.39 is 0 Å². The van der Waals surface area contributed by atoms with Crippen molar-refractivity contribution >= 4 is 50.8 Å². The van der Waals surface area contributed by atoms with Crippen LogP contribution in [0.15, 0.2) is 38.4 Å². The molecule has 4 aromatic rings. The number of aryl methyl sites for hydroxylation is 2. The van der Waals surface area contributed by atoms with Gasteiger partial charge in [-0.25, -0.2) is 9.79 Å². The van der Waals surface area contributed by atoms with Crippen molar-refractivity contribution in [2.45, 2.75) is 58.8 Å². The minimum Gasteiger partial charge on any atom is -0.507 e. The first-order valence-electron chi connectivity index (χ1n) is 12.0. The molecule has 0 amide bonds. The molecule has 35 heavy (non-hydrogen) atoms. The predicted molar refractivity (Wildman–Crippen MR) is 144 cm³/mol. The highest BCUT2D eigenvalue weighted by molar-refractivity contribution is 7.16. The number of nitrogens with zero attached hydrogens (tertiary/aromatic N) is 1. The van der Waals surface area contributed by atoms with Gasteiger partial charge in [-0.2, -0.15) is 0 Å². The highest BCUT2D eigenvalue weighted by atomic mass is 32.1. The molecule has 0 saturated heterocycles. The second-order valence-corrected chi connectivity index (χ2v) is 11.6. The van der Waals surface area contributed by atoms with Gasteiger partial charge in [-0.15, -0.1) is 22.7 Å². The summed E-state index contributed by atoms with van der Waals surface area (Å²) in [7, 11) is 0. The van der Waals surface area contributed by atoms with Crippen LogP contribution in [0.4, 0.5) is 5.00 Å². The van der Waals surface area contributed by atoms with Gasteiger partial charge in [-0.05, 0) is 49.1 Å². The summed E-state index contributed by atoms with van der Waals surface area (Å²) in [4.78, 5) is 18.7. The fourth-order valence-corrected chi connectivity index (χ4v) is 6.45. The minimum atomic E-state index is -0.386. The van der Waals surface area contributed by atoms with Gasteiger partial charge in [-0.1, -0.05) is 26.8 Å². The number of esters is 1. The molecule has 182 valence electrons. The van der Waals surface area contributed by atoms with Crippen molar-refractivity contribution in [1.29, 1.82) is 0 Å². The fraction of sp³-hybridized carbons (Fsp3) is 0.357. The Kier molecular flexibility index (Phi) is 6.32. The van der Waals surface area contributed by atoms with Crippen molar-refractivity contribution in [3.05, 3.63) is 57.0 Å². The average molecular weight is 508 g/mol. The third-order valence-corrected chi connectivity index (χ3v) is 8.20. The summed E-state index contributed by atoms with van der Waals surface area (Å²) in [5.74, 6) is 0.841. The Balaban J connectivity index is 1.69. The summed E-state index contributed by atoms with van der Waals surface area (Å²) in [5.41, 5.74) is 4.44. The number of aliphatic imine (C=N–C) groups is 1. The highest BCUT2D eigenvalue weighted by Gasteiger charge is 2.28. The average Bonchev–Trinajstić information content (AvgIpc) is 3.55. The van der Waals surface area contributed by atoms with Crippen LogP contribution in [-0.2, 0) is 23.0 Å². The quantitative estimate of drug-likeness (QED) is 0.219. The van der Waals surface area contributed by atoms with Crippen molar-refractivity contribution in [3.63, 3.8) is 0 Å². The van der Waals surface area contributed by atoms with Crippen molar-refractivity contribution in [2.24, 2.45) is 4.99 Å². The number of hydrogen-bond donors (Lipinski definition) is 1. The van der Waals surface area contributed by atoms with Gasteiger partial charge in [0.05, 0.1) is 6.61 Å². The second kappa shape index (κ2) is 9.28. The van der Waals surface area contributed by atoms with Crippen LogP contribution in [0, 0.1) is 0 Å². The van der Waals surface area contributed by atoms with Gasteiger partial charge in [0.15, 0.2) is 0 Å². The van der Waals surface area contributed by atoms with Gasteiger partial charge in [0.25, 0.3) is 0 Å². The van der Waals surface area contributed by atoms with Crippen molar-refractivity contribution in [1.82, 2.24) is 0 Å². The number of fused-ring (bicyclic) bond motifs is 3. The maximum Gasteiger partial charge on any atom is 0.341 e. The van der Waals surface area contributed by atoms with E-state index in [0.29, 0.717) is 16.1 Å². The Morgan fingerprint density at radius 3 is 2.77 bits per heavy atom. The number of phenolic OH excluding ortho intramolecular Hbond substituents is 1. The first-order valence-corrected chi connectivity index (χ1v) is 13.7. The molecule has 5 rings (SSSR count). The van der Waals surface area contributed by atoms with Crippen LogP contribution in [0.1, 0.15) is 73.3 Å². The number of hydrogen-bond acceptors (Lipinski definition) is 7. The van der Waals surface area contributed by atoms with Crippen LogP contribution in [0.3, 0.4) is 0 Å². The molecule has 3 aromatic heterocycles. The van der Waals surface area contributed by atoms with Gasteiger partial charge in [0.1, 0.15) is 27.7 Å². The monoisotopic (exact) mass is 507 g/mol. The molecular formula is C28H29NO4S2. The summed E-state index contributed by atoms with van der Waals surface area (Å²) >= 11 is 2.98. The summed E-state index contributed by atoms with van der Waals surface area (Å²) in [5, 5.41) is 16.9. The van der Waals surface area contributed by atoms with E-state index in [1.54, 1.807) is 24.5 Å². The van der Waals surface area contributed by atoms with Crippen LogP contribution in [-0.4, -0.2) is 23.9 Å². The zero-order valence-corrected chi connectivity index (χ0v) is 22.1. The largest absolute Gasteiger partial charge is 0.507 e. The first kappa shape index (κ1) is 23.8. The number of benzene rings is 1. The molecule has 0 aliphatic heterocycles. The molecule has 5 nitrogen and oxygen atoms in total. The molecule has 7 heteroatoms. The molecule has 1 aliphatic carbocycles. The summed E-state index contributed by atoms with van der Waals surface area (Å²) in [6, 6.07) is 5.93. The molecule has 1 N–H and O–H groups in total. The molecule has 0 radical (unpaired) electrons. The third-order valence-electron chi connectivity index (χ3n) is 6.41. The Hall–Kier alpha value is -2.90. The number of furan rings is 1. The number of thiophene rings is 2. The number of ether oxygens (including phenoxy) is 1. The van der Waals surface area contributed by atoms with Crippen molar-refractivity contribution in [2.75, 3.05) is 6.61 Å². The third kappa shape index (κ3) is 4.32. The van der Waals surface area contributed by atoms with E-state index in [-0.39, 0.29) is 23.7 Å². The maximum atomic E-state index is 12.9. The van der Waals surface area contributed by atoms with Gasteiger partial charge < -0.3 is 14.3 Å². The SMILES string of the molecule is CCOC(=O)c1c(-c2cccs2)csc1N=Cc1c(O)c(C(C)(C)C)cc2oc3c(c12)CCCC3. The lowest BCUT2D eigenvalue weighted by molar-refractivity contribution is 0.0529. The van der Waals surface area contributed by atoms with Gasteiger partial charge >= 0.3 is 5.97 Å². The van der Waals surface area contributed by atoms with Gasteiger partial charge in [-0.3, -0.25) is 0 Å². The van der Waals surface area contributed by atoms with E-state index in [0.717, 1.165) is 58.4 Å². The van der Waals surface area contributed by atoms with Gasteiger partial charge in [0.2, 0.25) is 0 Å².